The van der Waals surface area contributed by atoms with E-state index in [4.69, 9.17) is 17.0 Å². The monoisotopic (exact) mass is 440 g/mol. The van der Waals surface area contributed by atoms with E-state index in [1.807, 2.05) is 9.80 Å². The van der Waals surface area contributed by atoms with E-state index in [9.17, 15) is 23.3 Å². The number of nitrogens with one attached hydrogen (secondary N) is 1. The first-order valence-corrected chi connectivity index (χ1v) is 9.40. The van der Waals surface area contributed by atoms with E-state index in [0.717, 1.165) is 12.1 Å². The van der Waals surface area contributed by atoms with E-state index in [2.05, 4.69) is 5.32 Å². The number of benzene rings is 2. The van der Waals surface area contributed by atoms with Crippen LogP contribution in [0.15, 0.2) is 42.5 Å². The van der Waals surface area contributed by atoms with Gasteiger partial charge in [-0.2, -0.15) is 13.2 Å². The Hall–Kier alpha value is -3.08. The van der Waals surface area contributed by atoms with Gasteiger partial charge in [-0.15, -0.1) is 0 Å². The van der Waals surface area contributed by atoms with Crippen LogP contribution in [-0.2, 0) is 6.18 Å². The SMILES string of the molecule is COc1cc([N+](=O)[O-])ccc1NC(=S)N1CCN(c2cccc(C(F)(F)F)c2)CC1. The van der Waals surface area contributed by atoms with Gasteiger partial charge in [-0.1, -0.05) is 6.07 Å². The molecule has 0 amide bonds. The molecule has 0 aliphatic carbocycles. The summed E-state index contributed by atoms with van der Waals surface area (Å²) in [6.07, 6.45) is -4.38. The minimum Gasteiger partial charge on any atom is -0.494 e. The minimum absolute atomic E-state index is 0.0991. The van der Waals surface area contributed by atoms with Crippen LogP contribution in [0.3, 0.4) is 0 Å². The van der Waals surface area contributed by atoms with Crippen LogP contribution in [0.2, 0.25) is 0 Å². The van der Waals surface area contributed by atoms with E-state index < -0.39 is 16.7 Å². The highest BCUT2D eigenvalue weighted by Crippen LogP contribution is 2.32. The van der Waals surface area contributed by atoms with Gasteiger partial charge in [0.2, 0.25) is 0 Å². The van der Waals surface area contributed by atoms with Crippen molar-refractivity contribution in [1.29, 1.82) is 0 Å². The zero-order valence-electron chi connectivity index (χ0n) is 16.0. The third-order valence-electron chi connectivity index (χ3n) is 4.74. The zero-order chi connectivity index (χ0) is 21.9. The number of methoxy groups -OCH3 is 1. The first-order chi connectivity index (χ1) is 14.2. The van der Waals surface area contributed by atoms with Crippen LogP contribution in [0.4, 0.5) is 30.2 Å². The molecule has 2 aromatic carbocycles. The number of non-ortho nitro benzene ring substituents is 1. The molecule has 0 unspecified atom stereocenters. The summed E-state index contributed by atoms with van der Waals surface area (Å²) < 4.78 is 44.0. The third kappa shape index (κ3) is 4.90. The summed E-state index contributed by atoms with van der Waals surface area (Å²) in [5.41, 5.74) is 0.233. The number of rotatable bonds is 4. The van der Waals surface area contributed by atoms with Crippen LogP contribution >= 0.6 is 12.2 Å². The molecular formula is C19H19F3N4O3S. The first-order valence-electron chi connectivity index (χ1n) is 8.99. The summed E-state index contributed by atoms with van der Waals surface area (Å²) in [6.45, 7) is 2.02. The molecule has 2 aromatic rings. The molecule has 11 heteroatoms. The number of hydrogen-bond donors (Lipinski definition) is 1. The lowest BCUT2D eigenvalue weighted by Gasteiger charge is -2.37. The van der Waals surface area contributed by atoms with Crippen LogP contribution in [0.1, 0.15) is 5.56 Å². The molecular weight excluding hydrogens is 421 g/mol. The molecule has 0 aromatic heterocycles. The van der Waals surface area contributed by atoms with Crippen molar-refractivity contribution in [1.82, 2.24) is 4.90 Å². The number of nitro benzene ring substituents is 1. The Morgan fingerprint density at radius 2 is 1.87 bits per heavy atom. The molecule has 1 heterocycles. The summed E-state index contributed by atoms with van der Waals surface area (Å²) in [6, 6.07) is 9.42. The summed E-state index contributed by atoms with van der Waals surface area (Å²) in [5.74, 6) is 0.286. The quantitative estimate of drug-likeness (QED) is 0.435. The fourth-order valence-electron chi connectivity index (χ4n) is 3.14. The second kappa shape index (κ2) is 8.74. The van der Waals surface area contributed by atoms with E-state index in [0.29, 0.717) is 42.7 Å². The number of ether oxygens (including phenoxy) is 1. The molecule has 0 saturated carbocycles. The number of nitro groups is 1. The van der Waals surface area contributed by atoms with E-state index in [-0.39, 0.29) is 11.4 Å². The topological polar surface area (TPSA) is 70.9 Å². The number of piperazine rings is 1. The lowest BCUT2D eigenvalue weighted by atomic mass is 10.1. The fourth-order valence-corrected chi connectivity index (χ4v) is 3.43. The lowest BCUT2D eigenvalue weighted by molar-refractivity contribution is -0.384. The van der Waals surface area contributed by atoms with Crippen molar-refractivity contribution < 1.29 is 22.8 Å². The third-order valence-corrected chi connectivity index (χ3v) is 5.10. The van der Waals surface area contributed by atoms with Crippen molar-refractivity contribution in [2.24, 2.45) is 0 Å². The predicted octanol–water partition coefficient (Wildman–Crippen LogP) is 4.14. The van der Waals surface area contributed by atoms with Crippen molar-refractivity contribution in [3.63, 3.8) is 0 Å². The van der Waals surface area contributed by atoms with E-state index >= 15 is 0 Å². The Bertz CT molecular complexity index is 947. The molecule has 0 radical (unpaired) electrons. The molecule has 1 saturated heterocycles. The number of alkyl halides is 3. The Labute approximate surface area is 176 Å². The highest BCUT2D eigenvalue weighted by Gasteiger charge is 2.31. The zero-order valence-corrected chi connectivity index (χ0v) is 16.8. The van der Waals surface area contributed by atoms with Crippen LogP contribution in [0.5, 0.6) is 5.75 Å². The standard InChI is InChI=1S/C19H19F3N4O3S/c1-29-17-12-15(26(27)28)5-6-16(17)23-18(30)25-9-7-24(8-10-25)14-4-2-3-13(11-14)19(20,21)22/h2-6,11-12H,7-10H2,1H3,(H,23,30). The molecule has 0 spiro atoms. The van der Waals surface area contributed by atoms with Gasteiger partial charge in [0.1, 0.15) is 5.75 Å². The number of halogens is 3. The van der Waals surface area contributed by atoms with Gasteiger partial charge in [-0.05, 0) is 36.5 Å². The summed E-state index contributed by atoms with van der Waals surface area (Å²) in [7, 11) is 1.40. The average Bonchev–Trinajstić information content (AvgIpc) is 2.73. The number of anilines is 2. The van der Waals surface area contributed by atoms with Gasteiger partial charge in [-0.25, -0.2) is 0 Å². The lowest BCUT2D eigenvalue weighted by Crippen LogP contribution is -2.50. The number of hydrogen-bond acceptors (Lipinski definition) is 5. The maximum atomic E-state index is 12.9. The van der Waals surface area contributed by atoms with Crippen LogP contribution < -0.4 is 15.0 Å². The van der Waals surface area contributed by atoms with Gasteiger partial charge in [0.15, 0.2) is 5.11 Å². The second-order valence-corrected chi connectivity index (χ2v) is 6.98. The molecule has 1 aliphatic heterocycles. The molecule has 0 atom stereocenters. The molecule has 30 heavy (non-hydrogen) atoms. The minimum atomic E-state index is -4.38. The van der Waals surface area contributed by atoms with Gasteiger partial charge >= 0.3 is 6.18 Å². The average molecular weight is 440 g/mol. The first kappa shape index (κ1) is 21.6. The molecule has 7 nitrogen and oxygen atoms in total. The fraction of sp³-hybridized carbons (Fsp3) is 0.316. The van der Waals surface area contributed by atoms with Crippen molar-refractivity contribution >= 4 is 34.4 Å². The highest BCUT2D eigenvalue weighted by molar-refractivity contribution is 7.80. The number of thiocarbonyl (C=S) groups is 1. The molecule has 1 aliphatic rings. The largest absolute Gasteiger partial charge is 0.494 e. The molecule has 1 fully saturated rings. The molecule has 160 valence electrons. The van der Waals surface area contributed by atoms with E-state index in [1.165, 1.54) is 31.4 Å². The van der Waals surface area contributed by atoms with Crippen molar-refractivity contribution in [3.8, 4) is 5.75 Å². The number of nitrogens with zero attached hydrogens (tertiary/aromatic N) is 3. The smallest absolute Gasteiger partial charge is 0.416 e. The van der Waals surface area contributed by atoms with Crippen molar-refractivity contribution in [2.45, 2.75) is 6.18 Å². The highest BCUT2D eigenvalue weighted by atomic mass is 32.1. The second-order valence-electron chi connectivity index (χ2n) is 6.59. The van der Waals surface area contributed by atoms with Gasteiger partial charge < -0.3 is 19.9 Å². The normalized spacial score (nSPS) is 14.4. The Morgan fingerprint density at radius 3 is 2.47 bits per heavy atom. The van der Waals surface area contributed by atoms with Gasteiger partial charge in [0.05, 0.1) is 29.4 Å². The summed E-state index contributed by atoms with van der Waals surface area (Å²) in [4.78, 5) is 14.2. The van der Waals surface area contributed by atoms with Crippen LogP contribution in [-0.4, -0.2) is 48.2 Å². The maximum Gasteiger partial charge on any atom is 0.416 e. The van der Waals surface area contributed by atoms with Crippen molar-refractivity contribution in [3.05, 3.63) is 58.1 Å². The predicted molar refractivity (Wildman–Crippen MR) is 111 cm³/mol. The van der Waals surface area contributed by atoms with Crippen molar-refractivity contribution in [2.75, 3.05) is 43.5 Å². The van der Waals surface area contributed by atoms with Gasteiger partial charge in [0, 0.05) is 37.9 Å². The Balaban J connectivity index is 1.63. The molecule has 1 N–H and O–H groups in total. The maximum absolute atomic E-state index is 12.9. The molecule has 3 rings (SSSR count). The summed E-state index contributed by atoms with van der Waals surface area (Å²) in [5, 5.41) is 14.3. The summed E-state index contributed by atoms with van der Waals surface area (Å²) >= 11 is 5.43. The Morgan fingerprint density at radius 1 is 1.17 bits per heavy atom. The van der Waals surface area contributed by atoms with Crippen LogP contribution in [0, 0.1) is 10.1 Å². The van der Waals surface area contributed by atoms with Crippen LogP contribution in [0.25, 0.3) is 0 Å². The molecule has 0 bridgehead atoms. The van der Waals surface area contributed by atoms with Gasteiger partial charge in [0.25, 0.3) is 5.69 Å². The van der Waals surface area contributed by atoms with Gasteiger partial charge in [-0.3, -0.25) is 10.1 Å². The Kier molecular flexibility index (Phi) is 6.30. The van der Waals surface area contributed by atoms with E-state index in [1.54, 1.807) is 6.07 Å².